The maximum Gasteiger partial charge on any atom is 0.337 e. The lowest BCUT2D eigenvalue weighted by Gasteiger charge is -2.06. The predicted octanol–water partition coefficient (Wildman–Crippen LogP) is 6.35. The van der Waals surface area contributed by atoms with Crippen molar-refractivity contribution in [3.05, 3.63) is 120 Å². The van der Waals surface area contributed by atoms with E-state index < -0.39 is 5.97 Å². The van der Waals surface area contributed by atoms with Gasteiger partial charge < -0.3 is 4.74 Å². The fourth-order valence-corrected chi connectivity index (χ4v) is 3.23. The molecule has 0 saturated carbocycles. The zero-order valence-electron chi connectivity index (χ0n) is 16.9. The van der Waals surface area contributed by atoms with Gasteiger partial charge in [-0.25, -0.2) is 9.18 Å². The average molecular weight is 406 g/mol. The summed E-state index contributed by atoms with van der Waals surface area (Å²) in [6.45, 7) is 0. The number of hydrogen-bond donors (Lipinski definition) is 0. The van der Waals surface area contributed by atoms with Crippen molar-refractivity contribution in [2.24, 2.45) is 0 Å². The first-order chi connectivity index (χ1) is 15.1. The minimum atomic E-state index is -0.405. The molecule has 0 aromatic heterocycles. The van der Waals surface area contributed by atoms with E-state index in [2.05, 4.69) is 28.7 Å². The molecule has 2 nitrogen and oxygen atoms in total. The maximum absolute atomic E-state index is 14.6. The van der Waals surface area contributed by atoms with Crippen molar-refractivity contribution in [1.29, 1.82) is 0 Å². The van der Waals surface area contributed by atoms with Gasteiger partial charge in [-0.2, -0.15) is 0 Å². The van der Waals surface area contributed by atoms with Crippen LogP contribution in [0.15, 0.2) is 97.1 Å². The standard InChI is InChI=1S/C28H19FO2/c1-31-28(30)25-11-8-20(9-12-25)7-10-24-17-18-26(19-27(24)29)23-15-13-22(14-16-23)21-5-3-2-4-6-21/h2-6,8-9,11-19H,1H3. The van der Waals surface area contributed by atoms with Crippen LogP contribution in [0, 0.1) is 17.7 Å². The van der Waals surface area contributed by atoms with Crippen molar-refractivity contribution in [2.75, 3.05) is 7.11 Å². The van der Waals surface area contributed by atoms with Gasteiger partial charge in [-0.15, -0.1) is 0 Å². The number of hydrogen-bond acceptors (Lipinski definition) is 2. The number of benzene rings is 4. The molecule has 0 radical (unpaired) electrons. The number of carbonyl (C=O) groups excluding carboxylic acids is 1. The van der Waals surface area contributed by atoms with Crippen molar-refractivity contribution < 1.29 is 13.9 Å². The Hall–Kier alpha value is -4.16. The molecule has 0 aliphatic rings. The summed E-state index contributed by atoms with van der Waals surface area (Å²) >= 11 is 0. The van der Waals surface area contributed by atoms with Crippen LogP contribution in [-0.4, -0.2) is 13.1 Å². The van der Waals surface area contributed by atoms with Gasteiger partial charge in [0, 0.05) is 5.56 Å². The van der Waals surface area contributed by atoms with E-state index in [9.17, 15) is 9.18 Å². The molecule has 31 heavy (non-hydrogen) atoms. The molecule has 0 heterocycles. The average Bonchev–Trinajstić information content (AvgIpc) is 2.84. The van der Waals surface area contributed by atoms with Crippen LogP contribution < -0.4 is 0 Å². The first-order valence-corrected chi connectivity index (χ1v) is 9.80. The Kier molecular flexibility index (Phi) is 5.91. The molecule has 4 aromatic carbocycles. The van der Waals surface area contributed by atoms with Gasteiger partial charge >= 0.3 is 5.97 Å². The molecule has 0 saturated heterocycles. The molecule has 0 aliphatic heterocycles. The monoisotopic (exact) mass is 406 g/mol. The molecule has 0 amide bonds. The van der Waals surface area contributed by atoms with E-state index in [1.165, 1.54) is 13.2 Å². The van der Waals surface area contributed by atoms with Gasteiger partial charge in [-0.3, -0.25) is 0 Å². The maximum atomic E-state index is 14.6. The zero-order valence-corrected chi connectivity index (χ0v) is 16.9. The van der Waals surface area contributed by atoms with Crippen molar-refractivity contribution in [3.63, 3.8) is 0 Å². The minimum absolute atomic E-state index is 0.321. The van der Waals surface area contributed by atoms with Gasteiger partial charge in [0.15, 0.2) is 0 Å². The lowest BCUT2D eigenvalue weighted by atomic mass is 9.99. The number of rotatable bonds is 3. The molecule has 0 fully saturated rings. The normalized spacial score (nSPS) is 10.1. The zero-order chi connectivity index (χ0) is 21.6. The van der Waals surface area contributed by atoms with E-state index in [1.54, 1.807) is 30.3 Å². The molecule has 3 heteroatoms. The second kappa shape index (κ2) is 9.11. The van der Waals surface area contributed by atoms with E-state index >= 15 is 0 Å². The van der Waals surface area contributed by atoms with Crippen LogP contribution in [0.2, 0.25) is 0 Å². The Morgan fingerprint density at radius 2 is 1.29 bits per heavy atom. The lowest BCUT2D eigenvalue weighted by molar-refractivity contribution is 0.0600. The van der Waals surface area contributed by atoms with Crippen LogP contribution in [-0.2, 0) is 4.74 Å². The number of carbonyl (C=O) groups is 1. The Morgan fingerprint density at radius 1 is 0.710 bits per heavy atom. The predicted molar refractivity (Wildman–Crippen MR) is 121 cm³/mol. The van der Waals surface area contributed by atoms with Crippen LogP contribution in [0.25, 0.3) is 22.3 Å². The van der Waals surface area contributed by atoms with Gasteiger partial charge in [0.2, 0.25) is 0 Å². The quantitative estimate of drug-likeness (QED) is 0.293. The second-order valence-electron chi connectivity index (χ2n) is 6.96. The lowest BCUT2D eigenvalue weighted by Crippen LogP contribution is -2.00. The fraction of sp³-hybridized carbons (Fsp3) is 0.0357. The van der Waals surface area contributed by atoms with Crippen molar-refractivity contribution in [1.82, 2.24) is 0 Å². The van der Waals surface area contributed by atoms with Crippen LogP contribution in [0.4, 0.5) is 4.39 Å². The highest BCUT2D eigenvalue weighted by atomic mass is 19.1. The molecule has 150 valence electrons. The van der Waals surface area contributed by atoms with Crippen molar-refractivity contribution >= 4 is 5.97 Å². The number of esters is 1. The van der Waals surface area contributed by atoms with Crippen molar-refractivity contribution in [3.8, 4) is 34.1 Å². The Bertz CT molecular complexity index is 1260. The van der Waals surface area contributed by atoms with Crippen molar-refractivity contribution in [2.45, 2.75) is 0 Å². The van der Waals surface area contributed by atoms with E-state index in [-0.39, 0.29) is 5.82 Å². The van der Waals surface area contributed by atoms with Crippen LogP contribution >= 0.6 is 0 Å². The Balaban J connectivity index is 1.52. The smallest absolute Gasteiger partial charge is 0.337 e. The molecule has 0 unspecified atom stereocenters. The molecular formula is C28H19FO2. The SMILES string of the molecule is COC(=O)c1ccc(C#Cc2ccc(-c3ccc(-c4ccccc4)cc3)cc2F)cc1. The van der Waals surface area contributed by atoms with E-state index in [0.29, 0.717) is 16.7 Å². The van der Waals surface area contributed by atoms with Gasteiger partial charge in [0.1, 0.15) is 5.82 Å². The van der Waals surface area contributed by atoms with E-state index in [4.69, 9.17) is 0 Å². The Labute approximate surface area is 181 Å². The molecule has 0 atom stereocenters. The third kappa shape index (κ3) is 4.71. The topological polar surface area (TPSA) is 26.3 Å². The molecular weight excluding hydrogens is 387 g/mol. The summed E-state index contributed by atoms with van der Waals surface area (Å²) in [5.41, 5.74) is 5.45. The van der Waals surface area contributed by atoms with Gasteiger partial charge in [-0.1, -0.05) is 72.5 Å². The van der Waals surface area contributed by atoms with Crippen LogP contribution in [0.1, 0.15) is 21.5 Å². The molecule has 0 bridgehead atoms. The third-order valence-electron chi connectivity index (χ3n) is 4.94. The van der Waals surface area contributed by atoms with Crippen LogP contribution in [0.5, 0.6) is 0 Å². The van der Waals surface area contributed by atoms with E-state index in [1.807, 2.05) is 48.5 Å². The highest BCUT2D eigenvalue weighted by Gasteiger charge is 2.06. The largest absolute Gasteiger partial charge is 0.465 e. The molecule has 0 N–H and O–H groups in total. The summed E-state index contributed by atoms with van der Waals surface area (Å²) in [5, 5.41) is 0. The van der Waals surface area contributed by atoms with Gasteiger partial charge in [-0.05, 0) is 58.7 Å². The summed E-state index contributed by atoms with van der Waals surface area (Å²) in [6, 6.07) is 29.9. The van der Waals surface area contributed by atoms with Gasteiger partial charge in [0.25, 0.3) is 0 Å². The fourth-order valence-electron chi connectivity index (χ4n) is 3.23. The minimum Gasteiger partial charge on any atom is -0.465 e. The second-order valence-corrected chi connectivity index (χ2v) is 6.96. The third-order valence-corrected chi connectivity index (χ3v) is 4.94. The van der Waals surface area contributed by atoms with Crippen LogP contribution in [0.3, 0.4) is 0 Å². The molecule has 4 aromatic rings. The highest BCUT2D eigenvalue weighted by molar-refractivity contribution is 5.89. The first kappa shape index (κ1) is 20.1. The highest BCUT2D eigenvalue weighted by Crippen LogP contribution is 2.26. The summed E-state index contributed by atoms with van der Waals surface area (Å²) in [5.74, 6) is 5.01. The molecule has 0 aliphatic carbocycles. The number of ether oxygens (including phenoxy) is 1. The number of methoxy groups -OCH3 is 1. The van der Waals surface area contributed by atoms with Gasteiger partial charge in [0.05, 0.1) is 18.2 Å². The summed E-state index contributed by atoms with van der Waals surface area (Å²) in [4.78, 5) is 11.5. The first-order valence-electron chi connectivity index (χ1n) is 9.80. The molecule has 4 rings (SSSR count). The Morgan fingerprint density at radius 3 is 1.90 bits per heavy atom. The van der Waals surface area contributed by atoms with E-state index in [0.717, 1.165) is 22.3 Å². The summed E-state index contributed by atoms with van der Waals surface area (Å²) < 4.78 is 19.3. The molecule has 0 spiro atoms. The number of halogens is 1. The summed E-state index contributed by atoms with van der Waals surface area (Å²) in [7, 11) is 1.33. The summed E-state index contributed by atoms with van der Waals surface area (Å²) in [6.07, 6.45) is 0.